The number of anilines is 2. The molecule has 0 aliphatic carbocycles. The molecule has 0 aliphatic heterocycles. The van der Waals surface area contributed by atoms with Crippen LogP contribution in [-0.2, 0) is 34.9 Å². The van der Waals surface area contributed by atoms with Crippen LogP contribution in [0.3, 0.4) is 0 Å². The molecule has 16 heteroatoms. The number of nitrogens with one attached hydrogen (secondary N) is 2. The number of Topliss-reactive ketones (excluding diaryl/α,β-unsaturated/α-hetero) is 1. The van der Waals surface area contributed by atoms with Gasteiger partial charge in [0.15, 0.2) is 5.78 Å². The van der Waals surface area contributed by atoms with E-state index in [4.69, 9.17) is 14.8 Å². The summed E-state index contributed by atoms with van der Waals surface area (Å²) in [6.07, 6.45) is 6.98. The second-order valence-electron chi connectivity index (χ2n) is 17.1. The van der Waals surface area contributed by atoms with Gasteiger partial charge in [0, 0.05) is 63.5 Å². The number of hydroxylamine groups is 2. The quantitative estimate of drug-likeness (QED) is 0.0739. The molecule has 10 aromatic rings. The van der Waals surface area contributed by atoms with E-state index in [0.717, 1.165) is 60.0 Å². The van der Waals surface area contributed by atoms with E-state index in [1.54, 1.807) is 51.0 Å². The number of halogens is 1. The van der Waals surface area contributed by atoms with Crippen LogP contribution in [0.2, 0.25) is 0 Å². The molecule has 0 saturated heterocycles. The maximum atomic E-state index is 13.6. The fourth-order valence-corrected chi connectivity index (χ4v) is 8.08. The molecule has 0 atom stereocenters. The zero-order chi connectivity index (χ0) is 52.0. The van der Waals surface area contributed by atoms with Crippen molar-refractivity contribution in [1.29, 1.82) is 0 Å². The summed E-state index contributed by atoms with van der Waals surface area (Å²) in [6.45, 7) is 3.72. The Bertz CT molecular complexity index is 3680. The zero-order valence-corrected chi connectivity index (χ0v) is 44.7. The van der Waals surface area contributed by atoms with E-state index in [-0.39, 0.29) is 77.3 Å². The molecule has 0 spiro atoms. The van der Waals surface area contributed by atoms with Crippen molar-refractivity contribution in [2.75, 3.05) is 37.9 Å². The molecule has 2 N–H and O–H groups in total. The summed E-state index contributed by atoms with van der Waals surface area (Å²) >= 11 is 0. The molecular weight excluding hydrogens is 986 g/mol. The van der Waals surface area contributed by atoms with E-state index in [0.29, 0.717) is 34.9 Å². The Labute approximate surface area is 463 Å². The van der Waals surface area contributed by atoms with Crippen LogP contribution < -0.4 is 34.2 Å². The minimum Gasteiger partial charge on any atom is -1.00 e. The van der Waals surface area contributed by atoms with Crippen molar-refractivity contribution in [2.24, 2.45) is 14.1 Å². The molecule has 378 valence electrons. The fourth-order valence-electron chi connectivity index (χ4n) is 8.08. The van der Waals surface area contributed by atoms with Crippen molar-refractivity contribution in [3.63, 3.8) is 0 Å². The fraction of sp³-hybridized carbons (Fsp3) is 0.117. The molecule has 4 heterocycles. The smallest absolute Gasteiger partial charge is 1.00 e. The van der Waals surface area contributed by atoms with E-state index >= 15 is 0 Å². The maximum absolute atomic E-state index is 13.6. The molecule has 4 aromatic heterocycles. The van der Waals surface area contributed by atoms with Crippen LogP contribution in [0.4, 0.5) is 11.9 Å². The first kappa shape index (κ1) is 56.8. The van der Waals surface area contributed by atoms with Gasteiger partial charge in [-0.3, -0.25) is 43.1 Å². The average Bonchev–Trinajstić information content (AvgIpc) is 3.45. The van der Waals surface area contributed by atoms with Gasteiger partial charge in [-0.05, 0) is 74.6 Å². The van der Waals surface area contributed by atoms with E-state index in [9.17, 15) is 19.2 Å². The predicted octanol–water partition coefficient (Wildman–Crippen LogP) is 6.47. The number of hydrogen-bond donors (Lipinski definition) is 2. The number of likely N-dealkylation sites (N-methyl/N-ethyl adjacent to an activating group) is 1. The summed E-state index contributed by atoms with van der Waals surface area (Å²) in [6, 6.07) is 54.6. The first-order chi connectivity index (χ1) is 36.0. The van der Waals surface area contributed by atoms with Gasteiger partial charge in [-0.15, -0.1) is 12.1 Å². The third-order valence-electron chi connectivity index (χ3n) is 12.1. The molecular formula is C60H54ClMgN9O5. The second-order valence-corrected chi connectivity index (χ2v) is 17.1. The van der Waals surface area contributed by atoms with Gasteiger partial charge in [-0.1, -0.05) is 109 Å². The largest absolute Gasteiger partial charge is 2.00 e. The number of amides is 1. The molecule has 1 amide bonds. The van der Waals surface area contributed by atoms with Gasteiger partial charge in [0.05, 0.1) is 42.7 Å². The van der Waals surface area contributed by atoms with Gasteiger partial charge in [-0.2, -0.15) is 24.6 Å². The average molecular weight is 1040 g/mol. The number of ketones is 1. The molecule has 76 heavy (non-hydrogen) atoms. The minimum absolute atomic E-state index is 0. The van der Waals surface area contributed by atoms with Crippen molar-refractivity contribution in [1.82, 2.24) is 34.1 Å². The van der Waals surface area contributed by atoms with Crippen LogP contribution in [0.25, 0.3) is 66.3 Å². The van der Waals surface area contributed by atoms with Crippen LogP contribution in [0.15, 0.2) is 204 Å². The number of benzene rings is 6. The van der Waals surface area contributed by atoms with Crippen molar-refractivity contribution in [2.45, 2.75) is 6.42 Å². The van der Waals surface area contributed by atoms with Crippen LogP contribution in [-0.4, -0.2) is 96.1 Å². The van der Waals surface area contributed by atoms with Gasteiger partial charge in [0.25, 0.3) is 17.0 Å². The van der Waals surface area contributed by atoms with Crippen molar-refractivity contribution in [3.05, 3.63) is 233 Å². The Morgan fingerprint density at radius 1 is 0.553 bits per heavy atom. The van der Waals surface area contributed by atoms with Gasteiger partial charge >= 0.3 is 23.1 Å². The molecule has 0 unspecified atom stereocenters. The number of nitrogens with zero attached hydrogens (tertiary/aromatic N) is 7. The molecule has 0 bridgehead atoms. The van der Waals surface area contributed by atoms with E-state index < -0.39 is 0 Å². The van der Waals surface area contributed by atoms with Gasteiger partial charge < -0.3 is 23.0 Å². The maximum Gasteiger partial charge on any atom is 2.00 e. The van der Waals surface area contributed by atoms with Crippen LogP contribution in [0, 0.1) is 6.92 Å². The molecule has 10 rings (SSSR count). The third-order valence-corrected chi connectivity index (χ3v) is 12.1. The number of fused-ring (bicyclic) bond motifs is 2. The second kappa shape index (κ2) is 27.2. The molecule has 0 radical (unpaired) electrons. The molecule has 6 aromatic carbocycles. The number of carbonyl (C=O) groups is 2. The summed E-state index contributed by atoms with van der Waals surface area (Å²) < 4.78 is 2.88. The number of carbonyl (C=O) groups excluding carboxylic acids is 2. The Hall–Kier alpha value is -8.47. The zero-order valence-electron chi connectivity index (χ0n) is 42.6. The SMILES string of the molecule is CON(C)C(=O)CNc1nc(-c2ccncc2)c(-c2ccc3ccccc3c2)c(=O)n1C.Cn1c(NCC(=O)Cc2ccccc2)nc(-c2ccncc2)c(-c2ccc3ccccc3c2)c1=O.[CH2-]c1ccccc1.[Cl-].[Mg+2]. The number of aromatic nitrogens is 6. The Morgan fingerprint density at radius 3 is 1.38 bits per heavy atom. The third kappa shape index (κ3) is 14.0. The van der Waals surface area contributed by atoms with Crippen LogP contribution in [0.1, 0.15) is 11.1 Å². The van der Waals surface area contributed by atoms with Crippen molar-refractivity contribution >= 4 is 68.2 Å². The summed E-state index contributed by atoms with van der Waals surface area (Å²) in [7, 11) is 6.22. The normalized spacial score (nSPS) is 10.4. The first-order valence-electron chi connectivity index (χ1n) is 23.7. The summed E-state index contributed by atoms with van der Waals surface area (Å²) in [5.41, 5.74) is 6.74. The number of pyridine rings is 2. The summed E-state index contributed by atoms with van der Waals surface area (Å²) in [5, 5.41) is 11.4. The summed E-state index contributed by atoms with van der Waals surface area (Å²) in [4.78, 5) is 74.5. The van der Waals surface area contributed by atoms with E-state index in [1.807, 2.05) is 158 Å². The molecule has 14 nitrogen and oxygen atoms in total. The Balaban J connectivity index is 0.000000214. The number of hydrogen-bond acceptors (Lipinski definition) is 11. The first-order valence-corrected chi connectivity index (χ1v) is 23.7. The van der Waals surface area contributed by atoms with Crippen LogP contribution >= 0.6 is 0 Å². The van der Waals surface area contributed by atoms with Gasteiger partial charge in [0.2, 0.25) is 11.9 Å². The van der Waals surface area contributed by atoms with E-state index in [1.165, 1.54) is 23.3 Å². The Kier molecular flexibility index (Phi) is 20.3. The monoisotopic (exact) mass is 1040 g/mol. The molecule has 0 fully saturated rings. The van der Waals surface area contributed by atoms with Crippen molar-refractivity contribution < 1.29 is 26.8 Å². The predicted molar refractivity (Wildman–Crippen MR) is 300 cm³/mol. The van der Waals surface area contributed by atoms with E-state index in [2.05, 4.69) is 27.5 Å². The topological polar surface area (TPSA) is 166 Å². The summed E-state index contributed by atoms with van der Waals surface area (Å²) in [5.74, 6) is 0.331. The molecule has 0 saturated carbocycles. The number of rotatable bonds is 13. The Morgan fingerprint density at radius 2 is 0.961 bits per heavy atom. The van der Waals surface area contributed by atoms with Crippen molar-refractivity contribution in [3.8, 4) is 44.8 Å². The van der Waals surface area contributed by atoms with Gasteiger partial charge in [0.1, 0.15) is 0 Å². The minimum atomic E-state index is -0.300. The van der Waals surface area contributed by atoms with Gasteiger partial charge in [-0.25, -0.2) is 15.0 Å². The standard InChI is InChI=1S/C29H24N4O2.C24H23N5O3.C7H7.ClH.Mg/c1-33-28(35)26(24-12-11-21-9-5-6-10-23(21)18-24)27(22-13-15-30-16-14-22)32-29(33)31-19-25(34)17-20-7-3-2-4-8-20;1-28-23(31)21(19-9-8-16-6-4-5-7-18(16)14-19)22(17-10-12-25-13-11-17)27-24(28)26-15-20(30)29(2)32-3;1-7-5-3-2-4-6-7;;/h2-16,18H,17,19H2,1H3,(H,31,32);4-14H,15H2,1-3H3,(H,26,27);2-6H,1H2;1H;/q;;-1;;+2/p-1. The molecule has 0 aliphatic rings. The van der Waals surface area contributed by atoms with Crippen LogP contribution in [0.5, 0.6) is 0 Å².